The lowest BCUT2D eigenvalue weighted by Crippen LogP contribution is -2.56. The smallest absolute Gasteiger partial charge is 0.413 e. The van der Waals surface area contributed by atoms with E-state index in [-0.39, 0.29) is 41.9 Å². The molecule has 0 saturated carbocycles. The molecule has 8 rings (SSSR count). The Morgan fingerprint density at radius 3 is 2.62 bits per heavy atom. The minimum Gasteiger partial charge on any atom is -0.508 e. The van der Waals surface area contributed by atoms with Gasteiger partial charge in [-0.25, -0.2) is 13.6 Å². The monoisotopic (exact) mass is 691 g/mol. The van der Waals surface area contributed by atoms with Gasteiger partial charge in [0.1, 0.15) is 29.9 Å². The number of alkyl halides is 1. The van der Waals surface area contributed by atoms with Crippen LogP contribution < -0.4 is 9.64 Å². The molecule has 2 aromatic carbocycles. The van der Waals surface area contributed by atoms with Crippen LogP contribution in [0.3, 0.4) is 0 Å². The molecule has 13 heteroatoms. The molecule has 5 atom stereocenters. The Bertz CT molecular complexity index is 1830. The lowest BCUT2D eigenvalue weighted by Gasteiger charge is -2.41. The van der Waals surface area contributed by atoms with Crippen molar-refractivity contribution in [3.8, 4) is 22.9 Å². The fourth-order valence-corrected chi connectivity index (χ4v) is 9.35. The van der Waals surface area contributed by atoms with Crippen LogP contribution in [0.5, 0.6) is 11.8 Å². The quantitative estimate of drug-likeness (QED) is 0.239. The van der Waals surface area contributed by atoms with Crippen molar-refractivity contribution < 1.29 is 37.7 Å². The Hall–Kier alpha value is -4.26. The van der Waals surface area contributed by atoms with E-state index in [2.05, 4.69) is 21.7 Å². The van der Waals surface area contributed by atoms with Crippen LogP contribution in [-0.2, 0) is 20.7 Å². The molecule has 4 fully saturated rings. The summed E-state index contributed by atoms with van der Waals surface area (Å²) in [5.74, 6) is -0.255. The molecule has 5 aliphatic rings. The van der Waals surface area contributed by atoms with Crippen LogP contribution in [0.1, 0.15) is 75.8 Å². The van der Waals surface area contributed by atoms with Gasteiger partial charge < -0.3 is 24.2 Å². The number of halogens is 2. The average molecular weight is 692 g/mol. The minimum absolute atomic E-state index is 0.0222. The van der Waals surface area contributed by atoms with Crippen LogP contribution in [0.15, 0.2) is 24.3 Å². The summed E-state index contributed by atoms with van der Waals surface area (Å²) in [6, 6.07) is 6.65. The van der Waals surface area contributed by atoms with Crippen LogP contribution >= 0.6 is 0 Å². The van der Waals surface area contributed by atoms with Gasteiger partial charge in [0.2, 0.25) is 6.79 Å². The van der Waals surface area contributed by atoms with Crippen molar-refractivity contribution in [2.24, 2.45) is 0 Å². The fraction of sp³-hybridized carbons (Fsp3) is 0.568. The molecule has 1 amide bonds. The molecule has 1 aromatic heterocycles. The number of nitrogens with zero attached hydrogens (tertiary/aromatic N) is 5. The average Bonchev–Trinajstić information content (AvgIpc) is 3.70. The van der Waals surface area contributed by atoms with Crippen molar-refractivity contribution in [1.29, 1.82) is 0 Å². The largest absolute Gasteiger partial charge is 0.508 e. The van der Waals surface area contributed by atoms with Crippen molar-refractivity contribution in [3.63, 3.8) is 0 Å². The molecule has 1 N–H and O–H groups in total. The van der Waals surface area contributed by atoms with Crippen molar-refractivity contribution in [3.05, 3.63) is 41.2 Å². The van der Waals surface area contributed by atoms with Crippen LogP contribution in [-0.4, -0.2) is 100 Å². The molecule has 4 saturated heterocycles. The van der Waals surface area contributed by atoms with Crippen molar-refractivity contribution in [2.75, 3.05) is 44.5 Å². The molecular formula is C37H43F2N5O6. The number of benzene rings is 2. The number of aromatic nitrogens is 2. The van der Waals surface area contributed by atoms with Gasteiger partial charge in [0.15, 0.2) is 5.82 Å². The summed E-state index contributed by atoms with van der Waals surface area (Å²) in [7, 11) is 0. The summed E-state index contributed by atoms with van der Waals surface area (Å²) in [5.41, 5.74) is 2.77. The number of rotatable bonds is 7. The lowest BCUT2D eigenvalue weighted by atomic mass is 9.79. The summed E-state index contributed by atoms with van der Waals surface area (Å²) >= 11 is 0. The molecule has 0 spiro atoms. The van der Waals surface area contributed by atoms with Gasteiger partial charge in [-0.1, -0.05) is 13.0 Å². The highest BCUT2D eigenvalue weighted by molar-refractivity contribution is 5.94. The van der Waals surface area contributed by atoms with E-state index in [1.165, 1.54) is 6.92 Å². The predicted molar refractivity (Wildman–Crippen MR) is 180 cm³/mol. The number of fused-ring (bicyclic) bond motifs is 5. The zero-order valence-corrected chi connectivity index (χ0v) is 28.5. The van der Waals surface area contributed by atoms with Gasteiger partial charge in [0.05, 0.1) is 17.6 Å². The van der Waals surface area contributed by atoms with Gasteiger partial charge >= 0.3 is 18.1 Å². The zero-order chi connectivity index (χ0) is 34.7. The number of hydrogen-bond donors (Lipinski definition) is 1. The highest BCUT2D eigenvalue weighted by Crippen LogP contribution is 2.45. The van der Waals surface area contributed by atoms with Crippen LogP contribution in [0, 0.1) is 5.82 Å². The van der Waals surface area contributed by atoms with E-state index in [0.29, 0.717) is 48.4 Å². The molecule has 3 aromatic rings. The molecule has 0 radical (unpaired) electrons. The molecule has 266 valence electrons. The Labute approximate surface area is 289 Å². The molecule has 2 bridgehead atoms. The van der Waals surface area contributed by atoms with Gasteiger partial charge in [-0.2, -0.15) is 9.97 Å². The Morgan fingerprint density at radius 1 is 1.04 bits per heavy atom. The van der Waals surface area contributed by atoms with Crippen LogP contribution in [0.4, 0.5) is 19.4 Å². The van der Waals surface area contributed by atoms with E-state index >= 15 is 4.39 Å². The van der Waals surface area contributed by atoms with Gasteiger partial charge in [-0.05, 0) is 92.3 Å². The number of amides is 1. The minimum atomic E-state index is -0.921. The normalized spacial score (nSPS) is 27.4. The maximum absolute atomic E-state index is 17.0. The summed E-state index contributed by atoms with van der Waals surface area (Å²) in [5, 5.41) is 11.2. The number of carbonyl (C=O) groups excluding carboxylic acids is 2. The van der Waals surface area contributed by atoms with Gasteiger partial charge in [0, 0.05) is 43.9 Å². The van der Waals surface area contributed by atoms with E-state index in [1.807, 2.05) is 6.07 Å². The first kappa shape index (κ1) is 32.9. The van der Waals surface area contributed by atoms with E-state index < -0.39 is 36.4 Å². The van der Waals surface area contributed by atoms with E-state index in [9.17, 15) is 19.1 Å². The Kier molecular flexibility index (Phi) is 8.43. The molecule has 11 nitrogen and oxygen atoms in total. The second-order valence-electron chi connectivity index (χ2n) is 14.7. The number of phenolic OH excluding ortho intramolecular Hbond substituents is 1. The van der Waals surface area contributed by atoms with Crippen molar-refractivity contribution in [2.45, 2.75) is 94.9 Å². The number of hydrogen-bond acceptors (Lipinski definition) is 10. The number of anilines is 1. The number of esters is 1. The first-order valence-electron chi connectivity index (χ1n) is 17.8. The SMILES string of the molecule is CC(=O)OCOC(=O)N1[C@@H]2CC[C@H]1CN(c1nc(OC[C@@]34CCCN3C[C@H](F)C4)nc3c(F)c(-c4cc(O)cc5c4C(C)CCC5)ccc13)C2. The van der Waals surface area contributed by atoms with E-state index in [0.717, 1.165) is 62.6 Å². The summed E-state index contributed by atoms with van der Waals surface area (Å²) in [6.07, 6.45) is 5.00. The third kappa shape index (κ3) is 5.76. The van der Waals surface area contributed by atoms with Crippen LogP contribution in [0.2, 0.25) is 0 Å². The molecule has 5 heterocycles. The first-order valence-corrected chi connectivity index (χ1v) is 17.8. The molecule has 4 aliphatic heterocycles. The summed E-state index contributed by atoms with van der Waals surface area (Å²) < 4.78 is 47.9. The number of phenols is 1. The molecular weight excluding hydrogens is 648 g/mol. The van der Waals surface area contributed by atoms with Gasteiger partial charge in [-0.3, -0.25) is 14.6 Å². The van der Waals surface area contributed by atoms with Gasteiger partial charge in [0.25, 0.3) is 0 Å². The maximum atomic E-state index is 17.0. The fourth-order valence-electron chi connectivity index (χ4n) is 9.35. The maximum Gasteiger partial charge on any atom is 0.413 e. The van der Waals surface area contributed by atoms with Crippen molar-refractivity contribution in [1.82, 2.24) is 19.8 Å². The number of aryl methyl sites for hydroxylation is 1. The predicted octanol–water partition coefficient (Wildman–Crippen LogP) is 5.85. The Balaban J connectivity index is 1.17. The summed E-state index contributed by atoms with van der Waals surface area (Å²) in [4.78, 5) is 39.6. The number of aromatic hydroxyl groups is 1. The van der Waals surface area contributed by atoms with E-state index in [4.69, 9.17) is 19.2 Å². The molecule has 1 unspecified atom stereocenters. The van der Waals surface area contributed by atoms with Crippen LogP contribution in [0.25, 0.3) is 22.0 Å². The lowest BCUT2D eigenvalue weighted by molar-refractivity contribution is -0.149. The standard InChI is InChI=1S/C37H43F2N5O6/c1-21-5-3-6-23-13-27(46)14-30(31(21)23)28-9-10-29-33(32(28)39)40-35(48-19-37-11-4-12-43(37)16-24(38)15-37)41-34(29)42-17-25-7-8-26(18-42)44(25)36(47)50-20-49-22(2)45/h9-10,13-14,21,24-26,46H,3-8,11-12,15-20H2,1-2H3/t21?,24-,25-,26+,37+/m1/s1. The van der Waals surface area contributed by atoms with Gasteiger partial charge in [-0.15, -0.1) is 0 Å². The number of piperazine rings is 1. The third-order valence-electron chi connectivity index (χ3n) is 11.6. The number of ether oxygens (including phenoxy) is 3. The third-order valence-corrected chi connectivity index (χ3v) is 11.6. The summed E-state index contributed by atoms with van der Waals surface area (Å²) in [6.45, 7) is 5.18. The highest BCUT2D eigenvalue weighted by Gasteiger charge is 2.50. The first-order chi connectivity index (χ1) is 24.1. The van der Waals surface area contributed by atoms with E-state index in [1.54, 1.807) is 23.1 Å². The zero-order valence-electron chi connectivity index (χ0n) is 28.5. The second-order valence-corrected chi connectivity index (χ2v) is 14.7. The highest BCUT2D eigenvalue weighted by atomic mass is 19.1. The second kappa shape index (κ2) is 12.8. The number of carbonyl (C=O) groups is 2. The van der Waals surface area contributed by atoms with Crippen molar-refractivity contribution >= 4 is 28.8 Å². The topological polar surface area (TPSA) is 118 Å². The molecule has 50 heavy (non-hydrogen) atoms. The Morgan fingerprint density at radius 2 is 1.84 bits per heavy atom. The molecule has 1 aliphatic carbocycles.